The van der Waals surface area contributed by atoms with Gasteiger partial charge in [-0.25, -0.2) is 5.84 Å². The molecular weight excluding hydrogens is 236 g/mol. The number of morpholine rings is 1. The second-order valence-corrected chi connectivity index (χ2v) is 3.94. The van der Waals surface area contributed by atoms with Crippen LogP contribution in [0.2, 0.25) is 0 Å². The molecule has 1 unspecified atom stereocenters. The van der Waals surface area contributed by atoms with Crippen LogP contribution in [-0.4, -0.2) is 47.4 Å². The largest absolute Gasteiger partial charge is 0.464 e. The summed E-state index contributed by atoms with van der Waals surface area (Å²) in [5.41, 5.74) is 2.42. The van der Waals surface area contributed by atoms with Gasteiger partial charge in [0, 0.05) is 6.54 Å². The van der Waals surface area contributed by atoms with Gasteiger partial charge in [-0.2, -0.15) is 15.0 Å². The van der Waals surface area contributed by atoms with Gasteiger partial charge in [0.1, 0.15) is 0 Å². The van der Waals surface area contributed by atoms with Gasteiger partial charge in [0.05, 0.1) is 25.9 Å². The number of nitrogens with two attached hydrogens (primary N) is 1. The smallest absolute Gasteiger partial charge is 0.323 e. The van der Waals surface area contributed by atoms with E-state index in [4.69, 9.17) is 15.3 Å². The molecule has 0 bridgehead atoms. The predicted molar refractivity (Wildman–Crippen MR) is 66.4 cm³/mol. The fraction of sp³-hybridized carbons (Fsp3) is 0.700. The van der Waals surface area contributed by atoms with Crippen molar-refractivity contribution in [3.05, 3.63) is 0 Å². The van der Waals surface area contributed by atoms with Crippen LogP contribution in [0.25, 0.3) is 0 Å². The molecule has 8 nitrogen and oxygen atoms in total. The molecule has 0 spiro atoms. The summed E-state index contributed by atoms with van der Waals surface area (Å²) in [6.07, 6.45) is 0. The Morgan fingerprint density at radius 2 is 2.33 bits per heavy atom. The number of hydrogen-bond acceptors (Lipinski definition) is 8. The first kappa shape index (κ1) is 12.8. The molecule has 2 rings (SSSR count). The molecule has 100 valence electrons. The van der Waals surface area contributed by atoms with E-state index >= 15 is 0 Å². The first-order valence-corrected chi connectivity index (χ1v) is 5.94. The molecule has 1 aliphatic rings. The van der Waals surface area contributed by atoms with Crippen molar-refractivity contribution in [3.8, 4) is 6.01 Å². The second-order valence-electron chi connectivity index (χ2n) is 3.94. The lowest BCUT2D eigenvalue weighted by Gasteiger charge is -2.33. The number of rotatable bonds is 4. The van der Waals surface area contributed by atoms with E-state index in [1.54, 1.807) is 0 Å². The third kappa shape index (κ3) is 2.77. The van der Waals surface area contributed by atoms with Crippen molar-refractivity contribution in [1.82, 2.24) is 15.0 Å². The van der Waals surface area contributed by atoms with E-state index in [0.29, 0.717) is 31.7 Å². The highest BCUT2D eigenvalue weighted by Gasteiger charge is 2.22. The zero-order chi connectivity index (χ0) is 13.0. The maximum Gasteiger partial charge on any atom is 0.323 e. The molecule has 1 atom stereocenters. The molecule has 18 heavy (non-hydrogen) atoms. The van der Waals surface area contributed by atoms with E-state index in [1.807, 2.05) is 6.92 Å². The monoisotopic (exact) mass is 254 g/mol. The van der Waals surface area contributed by atoms with Gasteiger partial charge in [-0.15, -0.1) is 0 Å². The Morgan fingerprint density at radius 3 is 3.00 bits per heavy atom. The average molecular weight is 254 g/mol. The van der Waals surface area contributed by atoms with Crippen molar-refractivity contribution in [2.24, 2.45) is 5.84 Å². The Balaban J connectivity index is 2.27. The van der Waals surface area contributed by atoms with E-state index in [9.17, 15) is 0 Å². The highest BCUT2D eigenvalue weighted by Crippen LogP contribution is 2.18. The quantitative estimate of drug-likeness (QED) is 0.562. The van der Waals surface area contributed by atoms with E-state index < -0.39 is 0 Å². The molecule has 2 heterocycles. The van der Waals surface area contributed by atoms with Crippen molar-refractivity contribution in [1.29, 1.82) is 0 Å². The third-order valence-corrected chi connectivity index (χ3v) is 2.63. The number of aromatic nitrogens is 3. The molecule has 1 aromatic rings. The van der Waals surface area contributed by atoms with Crippen molar-refractivity contribution in [3.63, 3.8) is 0 Å². The molecule has 8 heteroatoms. The van der Waals surface area contributed by atoms with Gasteiger partial charge in [-0.05, 0) is 13.8 Å². The van der Waals surface area contributed by atoms with Gasteiger partial charge < -0.3 is 14.4 Å². The highest BCUT2D eigenvalue weighted by atomic mass is 16.5. The fourth-order valence-electron chi connectivity index (χ4n) is 1.76. The Hall–Kier alpha value is -1.67. The lowest BCUT2D eigenvalue weighted by Crippen LogP contribution is -2.44. The molecule has 0 aromatic carbocycles. The van der Waals surface area contributed by atoms with Crippen molar-refractivity contribution < 1.29 is 9.47 Å². The Morgan fingerprint density at radius 1 is 1.50 bits per heavy atom. The van der Waals surface area contributed by atoms with Crippen LogP contribution < -0.4 is 20.9 Å². The summed E-state index contributed by atoms with van der Waals surface area (Å²) in [4.78, 5) is 14.6. The second kappa shape index (κ2) is 5.78. The van der Waals surface area contributed by atoms with Crippen molar-refractivity contribution in [2.75, 3.05) is 36.7 Å². The Kier molecular flexibility index (Phi) is 4.11. The molecule has 1 aromatic heterocycles. The van der Waals surface area contributed by atoms with Crippen LogP contribution in [0.1, 0.15) is 13.8 Å². The minimum absolute atomic E-state index is 0.209. The Bertz CT molecular complexity index is 402. The normalized spacial score (nSPS) is 19.7. The third-order valence-electron chi connectivity index (χ3n) is 2.63. The number of nitrogens with zero attached hydrogens (tertiary/aromatic N) is 4. The van der Waals surface area contributed by atoms with Gasteiger partial charge >= 0.3 is 6.01 Å². The topological polar surface area (TPSA) is 98.4 Å². The zero-order valence-corrected chi connectivity index (χ0v) is 10.6. The summed E-state index contributed by atoms with van der Waals surface area (Å²) in [5, 5.41) is 0. The zero-order valence-electron chi connectivity index (χ0n) is 10.6. The summed E-state index contributed by atoms with van der Waals surface area (Å²) in [6, 6.07) is 0.482. The lowest BCUT2D eigenvalue weighted by molar-refractivity contribution is 0.0979. The van der Waals surface area contributed by atoms with Crippen LogP contribution in [0.5, 0.6) is 6.01 Å². The highest BCUT2D eigenvalue weighted by molar-refractivity contribution is 5.39. The Labute approximate surface area is 105 Å². The summed E-state index contributed by atoms with van der Waals surface area (Å²) in [7, 11) is 0. The van der Waals surface area contributed by atoms with Gasteiger partial charge in [0.15, 0.2) is 0 Å². The molecular formula is C10H18N6O2. The lowest BCUT2D eigenvalue weighted by atomic mass is 10.3. The maximum atomic E-state index is 5.38. The number of nitrogens with one attached hydrogen (secondary N) is 1. The molecule has 3 N–H and O–H groups in total. The number of anilines is 2. The number of hydrogen-bond donors (Lipinski definition) is 2. The van der Waals surface area contributed by atoms with Gasteiger partial charge in [-0.3, -0.25) is 5.43 Å². The number of nitrogen functional groups attached to an aromatic ring is 1. The standard InChI is InChI=1S/C10H18N6O2/c1-3-18-10-13-8(15-11)12-9(14-10)16-4-5-17-6-7(16)2/h7H,3-6,11H2,1-2H3,(H,12,13,14,15). The number of hydrazine groups is 1. The molecule has 0 saturated carbocycles. The van der Waals surface area contributed by atoms with Crippen LogP contribution in [0.4, 0.5) is 11.9 Å². The first-order valence-electron chi connectivity index (χ1n) is 5.94. The molecule has 0 amide bonds. The van der Waals surface area contributed by atoms with Crippen LogP contribution in [0.15, 0.2) is 0 Å². The summed E-state index contributed by atoms with van der Waals surface area (Å²) in [6.45, 7) is 6.47. The van der Waals surface area contributed by atoms with Crippen molar-refractivity contribution >= 4 is 11.9 Å². The maximum absolute atomic E-state index is 5.38. The van der Waals surface area contributed by atoms with Crippen LogP contribution in [0, 0.1) is 0 Å². The average Bonchev–Trinajstić information content (AvgIpc) is 2.39. The minimum Gasteiger partial charge on any atom is -0.464 e. The predicted octanol–water partition coefficient (Wildman–Crippen LogP) is -0.219. The van der Waals surface area contributed by atoms with Crippen LogP contribution in [-0.2, 0) is 4.74 Å². The molecule has 0 aliphatic carbocycles. The first-order chi connectivity index (χ1) is 8.74. The van der Waals surface area contributed by atoms with E-state index in [0.717, 1.165) is 6.54 Å². The molecule has 1 aliphatic heterocycles. The van der Waals surface area contributed by atoms with Crippen LogP contribution in [0.3, 0.4) is 0 Å². The summed E-state index contributed by atoms with van der Waals surface area (Å²) in [5.74, 6) is 6.19. The van der Waals surface area contributed by atoms with Crippen LogP contribution >= 0.6 is 0 Å². The van der Waals surface area contributed by atoms with E-state index in [-0.39, 0.29) is 12.1 Å². The fourth-order valence-corrected chi connectivity index (χ4v) is 1.76. The van der Waals surface area contributed by atoms with Gasteiger partial charge in [0.25, 0.3) is 0 Å². The summed E-state index contributed by atoms with van der Waals surface area (Å²) < 4.78 is 10.7. The van der Waals surface area contributed by atoms with Gasteiger partial charge in [-0.1, -0.05) is 0 Å². The number of ether oxygens (including phenoxy) is 2. The SMILES string of the molecule is CCOc1nc(NN)nc(N2CCOCC2C)n1. The summed E-state index contributed by atoms with van der Waals surface area (Å²) >= 11 is 0. The minimum atomic E-state index is 0.209. The van der Waals surface area contributed by atoms with E-state index in [1.165, 1.54) is 0 Å². The molecule has 1 saturated heterocycles. The van der Waals surface area contributed by atoms with Crippen molar-refractivity contribution in [2.45, 2.75) is 19.9 Å². The van der Waals surface area contributed by atoms with E-state index in [2.05, 4.69) is 32.2 Å². The molecule has 0 radical (unpaired) electrons. The van der Waals surface area contributed by atoms with Gasteiger partial charge in [0.2, 0.25) is 11.9 Å². The molecule has 1 fully saturated rings.